The quantitative estimate of drug-likeness (QED) is 0.866. The third-order valence-electron chi connectivity index (χ3n) is 2.50. The number of nitrogens with one attached hydrogen (secondary N) is 1. The van der Waals surface area contributed by atoms with Gasteiger partial charge in [0.05, 0.1) is 0 Å². The number of H-pyrrole nitrogens is 1. The van der Waals surface area contributed by atoms with E-state index in [1.807, 2.05) is 31.2 Å². The minimum atomic E-state index is -0.164. The van der Waals surface area contributed by atoms with Crippen LogP contribution < -0.4 is 0 Å². The highest BCUT2D eigenvalue weighted by molar-refractivity contribution is 5.90. The van der Waals surface area contributed by atoms with E-state index in [4.69, 9.17) is 0 Å². The molecule has 5 nitrogen and oxygen atoms in total. The molecule has 0 bridgehead atoms. The van der Waals surface area contributed by atoms with Crippen LogP contribution in [0, 0.1) is 6.92 Å². The third kappa shape index (κ3) is 2.69. The third-order valence-corrected chi connectivity index (χ3v) is 2.50. The summed E-state index contributed by atoms with van der Waals surface area (Å²) in [5.74, 6) is 0.0997. The van der Waals surface area contributed by atoms with Crippen molar-refractivity contribution in [2.45, 2.75) is 13.5 Å². The van der Waals surface area contributed by atoms with Crippen LogP contribution in [-0.4, -0.2) is 33.0 Å². The predicted molar refractivity (Wildman–Crippen MR) is 63.4 cm³/mol. The fourth-order valence-electron chi connectivity index (χ4n) is 1.53. The van der Waals surface area contributed by atoms with Crippen LogP contribution in [0.5, 0.6) is 0 Å². The number of amides is 1. The molecule has 0 spiro atoms. The van der Waals surface area contributed by atoms with E-state index in [-0.39, 0.29) is 11.7 Å². The molecule has 1 heterocycles. The Morgan fingerprint density at radius 1 is 1.35 bits per heavy atom. The van der Waals surface area contributed by atoms with Gasteiger partial charge in [0.25, 0.3) is 5.91 Å². The van der Waals surface area contributed by atoms with Crippen molar-refractivity contribution in [3.8, 4) is 0 Å². The van der Waals surface area contributed by atoms with E-state index in [9.17, 15) is 4.79 Å². The molecular formula is C12H14N4O. The van der Waals surface area contributed by atoms with Crippen molar-refractivity contribution in [1.29, 1.82) is 0 Å². The van der Waals surface area contributed by atoms with Gasteiger partial charge >= 0.3 is 0 Å². The summed E-state index contributed by atoms with van der Waals surface area (Å²) in [4.78, 5) is 17.3. The highest BCUT2D eigenvalue weighted by Crippen LogP contribution is 2.07. The average Bonchev–Trinajstić information content (AvgIpc) is 2.84. The molecule has 17 heavy (non-hydrogen) atoms. The number of carbonyl (C=O) groups excluding carboxylic acids is 1. The Labute approximate surface area is 99.5 Å². The first-order valence-corrected chi connectivity index (χ1v) is 5.33. The van der Waals surface area contributed by atoms with E-state index >= 15 is 0 Å². The highest BCUT2D eigenvalue weighted by Gasteiger charge is 2.14. The molecule has 0 aliphatic rings. The van der Waals surface area contributed by atoms with Gasteiger partial charge in [0.15, 0.2) is 0 Å². The van der Waals surface area contributed by atoms with Crippen molar-refractivity contribution in [2.24, 2.45) is 0 Å². The van der Waals surface area contributed by atoms with Crippen LogP contribution in [0.25, 0.3) is 0 Å². The molecule has 88 valence electrons. The number of nitrogens with zero attached hydrogens (tertiary/aromatic N) is 3. The Morgan fingerprint density at radius 3 is 2.65 bits per heavy atom. The van der Waals surface area contributed by atoms with Crippen molar-refractivity contribution in [3.05, 3.63) is 47.5 Å². The minimum absolute atomic E-state index is 0.164. The second-order valence-corrected chi connectivity index (χ2v) is 3.98. The zero-order valence-electron chi connectivity index (χ0n) is 9.84. The Kier molecular flexibility index (Phi) is 3.18. The number of benzene rings is 1. The number of rotatable bonds is 3. The Bertz CT molecular complexity index is 490. The number of carbonyl (C=O) groups is 1. The van der Waals surface area contributed by atoms with Crippen molar-refractivity contribution in [3.63, 3.8) is 0 Å². The number of aromatic amines is 1. The summed E-state index contributed by atoms with van der Waals surface area (Å²) in [7, 11) is 1.74. The average molecular weight is 230 g/mol. The van der Waals surface area contributed by atoms with Gasteiger partial charge in [-0.15, -0.1) is 0 Å². The molecule has 0 aliphatic carbocycles. The summed E-state index contributed by atoms with van der Waals surface area (Å²) < 4.78 is 0. The molecule has 0 aliphatic heterocycles. The molecule has 1 N–H and O–H groups in total. The van der Waals surface area contributed by atoms with Crippen molar-refractivity contribution >= 4 is 5.91 Å². The van der Waals surface area contributed by atoms with Crippen LogP contribution in [0.2, 0.25) is 0 Å². The van der Waals surface area contributed by atoms with Crippen molar-refractivity contribution < 1.29 is 4.79 Å². The molecule has 0 saturated heterocycles. The second-order valence-electron chi connectivity index (χ2n) is 3.98. The summed E-state index contributed by atoms with van der Waals surface area (Å²) in [6.45, 7) is 2.59. The maximum absolute atomic E-state index is 11.9. The molecule has 0 unspecified atom stereocenters. The van der Waals surface area contributed by atoms with Gasteiger partial charge in [0.2, 0.25) is 5.82 Å². The Morgan fingerprint density at radius 2 is 2.06 bits per heavy atom. The zero-order valence-corrected chi connectivity index (χ0v) is 9.84. The van der Waals surface area contributed by atoms with Gasteiger partial charge in [-0.2, -0.15) is 5.10 Å². The maximum atomic E-state index is 11.9. The smallest absolute Gasteiger partial charge is 0.291 e. The van der Waals surface area contributed by atoms with Crippen molar-refractivity contribution in [1.82, 2.24) is 20.1 Å². The molecular weight excluding hydrogens is 216 g/mol. The highest BCUT2D eigenvalue weighted by atomic mass is 16.2. The molecule has 0 saturated carbocycles. The summed E-state index contributed by atoms with van der Waals surface area (Å²) in [5, 5.41) is 6.22. The van der Waals surface area contributed by atoms with Gasteiger partial charge in [0, 0.05) is 13.6 Å². The maximum Gasteiger partial charge on any atom is 0.291 e. The monoisotopic (exact) mass is 230 g/mol. The Balaban J connectivity index is 2.04. The van der Waals surface area contributed by atoms with E-state index in [2.05, 4.69) is 15.2 Å². The largest absolute Gasteiger partial charge is 0.335 e. The molecule has 0 radical (unpaired) electrons. The fraction of sp³-hybridized carbons (Fsp3) is 0.250. The second kappa shape index (κ2) is 4.78. The number of aryl methyl sites for hydroxylation is 1. The lowest BCUT2D eigenvalue weighted by molar-refractivity contribution is 0.0773. The molecule has 1 amide bonds. The SMILES string of the molecule is Cc1ccc(CN(C)C(=O)c2ncn[nH]2)cc1. The van der Waals surface area contributed by atoms with E-state index in [1.54, 1.807) is 11.9 Å². The van der Waals surface area contributed by atoms with E-state index in [0.717, 1.165) is 5.56 Å². The Hall–Kier alpha value is -2.17. The molecule has 2 aromatic rings. The first-order chi connectivity index (χ1) is 8.16. The van der Waals surface area contributed by atoms with E-state index in [1.165, 1.54) is 11.9 Å². The molecule has 2 rings (SSSR count). The van der Waals surface area contributed by atoms with Crippen LogP contribution >= 0.6 is 0 Å². The van der Waals surface area contributed by atoms with Crippen LogP contribution in [-0.2, 0) is 6.54 Å². The van der Waals surface area contributed by atoms with Crippen molar-refractivity contribution in [2.75, 3.05) is 7.05 Å². The lowest BCUT2D eigenvalue weighted by Gasteiger charge is -2.15. The normalized spacial score (nSPS) is 10.2. The standard InChI is InChI=1S/C12H14N4O/c1-9-3-5-10(6-4-9)7-16(2)12(17)11-13-8-14-15-11/h3-6,8H,7H2,1-2H3,(H,13,14,15). The molecule has 1 aromatic carbocycles. The minimum Gasteiger partial charge on any atom is -0.335 e. The van der Waals surface area contributed by atoms with Gasteiger partial charge in [0.1, 0.15) is 6.33 Å². The topological polar surface area (TPSA) is 61.9 Å². The molecule has 0 atom stereocenters. The number of hydrogen-bond donors (Lipinski definition) is 1. The molecule has 1 aromatic heterocycles. The van der Waals surface area contributed by atoms with Gasteiger partial charge in [-0.3, -0.25) is 9.89 Å². The summed E-state index contributed by atoms with van der Waals surface area (Å²) in [6, 6.07) is 8.09. The van der Waals surface area contributed by atoms with Crippen LogP contribution in [0.15, 0.2) is 30.6 Å². The number of aromatic nitrogens is 3. The van der Waals surface area contributed by atoms with Crippen LogP contribution in [0.4, 0.5) is 0 Å². The van der Waals surface area contributed by atoms with Gasteiger partial charge in [-0.05, 0) is 12.5 Å². The lowest BCUT2D eigenvalue weighted by Crippen LogP contribution is -2.27. The fourth-order valence-corrected chi connectivity index (χ4v) is 1.53. The first kappa shape index (κ1) is 11.3. The first-order valence-electron chi connectivity index (χ1n) is 5.33. The molecule has 5 heteroatoms. The van der Waals surface area contributed by atoms with Gasteiger partial charge in [-0.25, -0.2) is 4.98 Å². The predicted octanol–water partition coefficient (Wildman–Crippen LogP) is 1.39. The summed E-state index contributed by atoms with van der Waals surface area (Å²) in [5.41, 5.74) is 2.30. The summed E-state index contributed by atoms with van der Waals surface area (Å²) in [6.07, 6.45) is 1.33. The molecule has 0 fully saturated rings. The zero-order chi connectivity index (χ0) is 12.3. The lowest BCUT2D eigenvalue weighted by atomic mass is 10.1. The van der Waals surface area contributed by atoms with Gasteiger partial charge < -0.3 is 4.90 Å². The number of hydrogen-bond acceptors (Lipinski definition) is 3. The van der Waals surface area contributed by atoms with E-state index < -0.39 is 0 Å². The van der Waals surface area contributed by atoms with Gasteiger partial charge in [-0.1, -0.05) is 29.8 Å². The van der Waals surface area contributed by atoms with Crippen LogP contribution in [0.3, 0.4) is 0 Å². The van der Waals surface area contributed by atoms with Crippen LogP contribution in [0.1, 0.15) is 21.7 Å². The van der Waals surface area contributed by atoms with E-state index in [0.29, 0.717) is 6.54 Å². The summed E-state index contributed by atoms with van der Waals surface area (Å²) >= 11 is 0.